The normalized spacial score (nSPS) is 15.6. The van der Waals surface area contributed by atoms with Gasteiger partial charge < -0.3 is 9.88 Å². The molecule has 4 heteroatoms. The Morgan fingerprint density at radius 1 is 1.44 bits per heavy atom. The van der Waals surface area contributed by atoms with Crippen LogP contribution in [-0.2, 0) is 6.42 Å². The van der Waals surface area contributed by atoms with Gasteiger partial charge in [0.2, 0.25) is 0 Å². The minimum atomic E-state index is 0.0496. The lowest BCUT2D eigenvalue weighted by atomic mass is 10.0. The van der Waals surface area contributed by atoms with E-state index in [0.29, 0.717) is 10.7 Å². The number of hydrogen-bond donors (Lipinski definition) is 1. The molecule has 3 rings (SSSR count). The van der Waals surface area contributed by atoms with Gasteiger partial charge in [-0.2, -0.15) is 0 Å². The second-order valence-corrected chi connectivity index (χ2v) is 4.52. The fourth-order valence-electron chi connectivity index (χ4n) is 2.25. The minimum absolute atomic E-state index is 0.0496. The van der Waals surface area contributed by atoms with Crippen molar-refractivity contribution in [3.05, 3.63) is 34.5 Å². The molecule has 0 aliphatic carbocycles. The third kappa shape index (κ3) is 1.18. The van der Waals surface area contributed by atoms with Crippen molar-refractivity contribution >= 4 is 28.4 Å². The standard InChI is InChI=1S/C12H11ClN2O/c1-15-6-5-8-7-3-2-4-9(13)10(7)14-11(8)12(15)16/h2-4,14H,5-6H2,1H3. The lowest BCUT2D eigenvalue weighted by molar-refractivity contribution is 0.0776. The van der Waals surface area contributed by atoms with Gasteiger partial charge in [-0.1, -0.05) is 23.7 Å². The summed E-state index contributed by atoms with van der Waals surface area (Å²) in [5.74, 6) is 0.0496. The molecule has 1 amide bonds. The quantitative estimate of drug-likeness (QED) is 0.747. The maximum absolute atomic E-state index is 11.9. The van der Waals surface area contributed by atoms with Crippen LogP contribution in [0.15, 0.2) is 18.2 Å². The molecule has 1 aliphatic rings. The third-order valence-corrected chi connectivity index (χ3v) is 3.46. The summed E-state index contributed by atoms with van der Waals surface area (Å²) in [6.07, 6.45) is 0.887. The van der Waals surface area contributed by atoms with Crippen molar-refractivity contribution in [1.29, 1.82) is 0 Å². The van der Waals surface area contributed by atoms with Crippen LogP contribution in [0.25, 0.3) is 10.9 Å². The number of aromatic nitrogens is 1. The molecule has 0 saturated heterocycles. The van der Waals surface area contributed by atoms with Crippen LogP contribution in [0.3, 0.4) is 0 Å². The van der Waals surface area contributed by atoms with Gasteiger partial charge in [0.15, 0.2) is 0 Å². The molecular weight excluding hydrogens is 224 g/mol. The van der Waals surface area contributed by atoms with Crippen molar-refractivity contribution in [3.8, 4) is 0 Å². The molecule has 1 N–H and O–H groups in total. The Morgan fingerprint density at radius 2 is 2.25 bits per heavy atom. The van der Waals surface area contributed by atoms with E-state index in [1.807, 2.05) is 25.2 Å². The number of carbonyl (C=O) groups excluding carboxylic acids is 1. The fraction of sp³-hybridized carbons (Fsp3) is 0.250. The Hall–Kier alpha value is -1.48. The predicted molar refractivity (Wildman–Crippen MR) is 64.0 cm³/mol. The van der Waals surface area contributed by atoms with E-state index in [2.05, 4.69) is 4.98 Å². The largest absolute Gasteiger partial charge is 0.349 e. The number of H-pyrrole nitrogens is 1. The molecule has 0 saturated carbocycles. The number of nitrogens with zero attached hydrogens (tertiary/aromatic N) is 1. The SMILES string of the molecule is CN1CCc2c([nH]c3c(Cl)cccc23)C1=O. The number of aromatic amines is 1. The van der Waals surface area contributed by atoms with Gasteiger partial charge in [0, 0.05) is 19.0 Å². The summed E-state index contributed by atoms with van der Waals surface area (Å²) in [6.45, 7) is 0.769. The first-order valence-electron chi connectivity index (χ1n) is 5.23. The van der Waals surface area contributed by atoms with Crippen molar-refractivity contribution in [2.75, 3.05) is 13.6 Å². The van der Waals surface area contributed by atoms with Gasteiger partial charge in [-0.15, -0.1) is 0 Å². The van der Waals surface area contributed by atoms with Crippen LogP contribution in [0.5, 0.6) is 0 Å². The monoisotopic (exact) mass is 234 g/mol. The number of hydrogen-bond acceptors (Lipinski definition) is 1. The number of halogens is 1. The second-order valence-electron chi connectivity index (χ2n) is 4.12. The molecule has 1 aromatic carbocycles. The molecule has 2 heterocycles. The Labute approximate surface area is 98.0 Å². The van der Waals surface area contributed by atoms with Gasteiger partial charge in [0.1, 0.15) is 5.69 Å². The zero-order valence-electron chi connectivity index (χ0n) is 8.88. The van der Waals surface area contributed by atoms with E-state index < -0.39 is 0 Å². The van der Waals surface area contributed by atoms with Crippen LogP contribution in [-0.4, -0.2) is 29.4 Å². The van der Waals surface area contributed by atoms with Crippen molar-refractivity contribution in [3.63, 3.8) is 0 Å². The van der Waals surface area contributed by atoms with E-state index in [4.69, 9.17) is 11.6 Å². The molecule has 0 fully saturated rings. The van der Waals surface area contributed by atoms with Gasteiger partial charge in [-0.25, -0.2) is 0 Å². The molecular formula is C12H11ClN2O. The van der Waals surface area contributed by atoms with Gasteiger partial charge in [0.25, 0.3) is 5.91 Å². The summed E-state index contributed by atoms with van der Waals surface area (Å²) in [7, 11) is 1.82. The van der Waals surface area contributed by atoms with Gasteiger partial charge in [-0.3, -0.25) is 4.79 Å². The van der Waals surface area contributed by atoms with Crippen LogP contribution in [0.4, 0.5) is 0 Å². The fourth-order valence-corrected chi connectivity index (χ4v) is 2.47. The first-order chi connectivity index (χ1) is 7.68. The number of rotatable bonds is 0. The van der Waals surface area contributed by atoms with E-state index in [0.717, 1.165) is 29.4 Å². The molecule has 16 heavy (non-hydrogen) atoms. The van der Waals surface area contributed by atoms with E-state index in [1.165, 1.54) is 0 Å². The first-order valence-corrected chi connectivity index (χ1v) is 5.61. The highest BCUT2D eigenvalue weighted by Crippen LogP contribution is 2.30. The van der Waals surface area contributed by atoms with Crippen molar-refractivity contribution in [2.24, 2.45) is 0 Å². The number of amides is 1. The van der Waals surface area contributed by atoms with Gasteiger partial charge in [-0.05, 0) is 18.1 Å². The highest BCUT2D eigenvalue weighted by atomic mass is 35.5. The number of benzene rings is 1. The molecule has 1 aromatic heterocycles. The molecule has 0 spiro atoms. The van der Waals surface area contributed by atoms with E-state index in [-0.39, 0.29) is 5.91 Å². The van der Waals surface area contributed by atoms with Crippen molar-refractivity contribution in [1.82, 2.24) is 9.88 Å². The molecule has 82 valence electrons. The van der Waals surface area contributed by atoms with Crippen LogP contribution in [0.1, 0.15) is 16.1 Å². The zero-order chi connectivity index (χ0) is 11.3. The molecule has 0 radical (unpaired) electrons. The topological polar surface area (TPSA) is 36.1 Å². The molecule has 0 unspecified atom stereocenters. The smallest absolute Gasteiger partial charge is 0.270 e. The number of likely N-dealkylation sites (N-methyl/N-ethyl adjacent to an activating group) is 1. The minimum Gasteiger partial charge on any atom is -0.349 e. The van der Waals surface area contributed by atoms with Gasteiger partial charge >= 0.3 is 0 Å². The summed E-state index contributed by atoms with van der Waals surface area (Å²) in [6, 6.07) is 5.76. The summed E-state index contributed by atoms with van der Waals surface area (Å²) >= 11 is 6.10. The van der Waals surface area contributed by atoms with Crippen LogP contribution in [0.2, 0.25) is 5.02 Å². The Balaban J connectivity index is 2.34. The zero-order valence-corrected chi connectivity index (χ0v) is 9.64. The Morgan fingerprint density at radius 3 is 3.06 bits per heavy atom. The first kappa shape index (κ1) is 9.73. The highest BCUT2D eigenvalue weighted by Gasteiger charge is 2.25. The van der Waals surface area contributed by atoms with Crippen LogP contribution < -0.4 is 0 Å². The lowest BCUT2D eigenvalue weighted by Crippen LogP contribution is -2.33. The van der Waals surface area contributed by atoms with Crippen molar-refractivity contribution < 1.29 is 4.79 Å². The number of carbonyl (C=O) groups is 1. The maximum atomic E-state index is 11.9. The number of nitrogens with one attached hydrogen (secondary N) is 1. The van der Waals surface area contributed by atoms with Crippen LogP contribution in [0, 0.1) is 0 Å². The van der Waals surface area contributed by atoms with Gasteiger partial charge in [0.05, 0.1) is 10.5 Å². The highest BCUT2D eigenvalue weighted by molar-refractivity contribution is 6.35. The number of para-hydroxylation sites is 1. The molecule has 0 atom stereocenters. The molecule has 3 nitrogen and oxygen atoms in total. The predicted octanol–water partition coefficient (Wildman–Crippen LogP) is 2.45. The Bertz CT molecular complexity index is 588. The van der Waals surface area contributed by atoms with E-state index in [9.17, 15) is 4.79 Å². The van der Waals surface area contributed by atoms with Crippen molar-refractivity contribution in [2.45, 2.75) is 6.42 Å². The summed E-state index contributed by atoms with van der Waals surface area (Å²) in [4.78, 5) is 16.8. The molecule has 0 bridgehead atoms. The van der Waals surface area contributed by atoms with E-state index in [1.54, 1.807) is 4.90 Å². The third-order valence-electron chi connectivity index (χ3n) is 3.15. The summed E-state index contributed by atoms with van der Waals surface area (Å²) in [5, 5.41) is 1.74. The van der Waals surface area contributed by atoms with E-state index >= 15 is 0 Å². The second kappa shape index (κ2) is 3.25. The maximum Gasteiger partial charge on any atom is 0.270 e. The molecule has 2 aromatic rings. The molecule has 1 aliphatic heterocycles. The summed E-state index contributed by atoms with van der Waals surface area (Å²) in [5.41, 5.74) is 2.66. The Kier molecular flexibility index (Phi) is 1.98. The lowest BCUT2D eigenvalue weighted by Gasteiger charge is -2.22. The summed E-state index contributed by atoms with van der Waals surface area (Å²) < 4.78 is 0. The number of fused-ring (bicyclic) bond motifs is 3. The average Bonchev–Trinajstić information content (AvgIpc) is 2.65. The van der Waals surface area contributed by atoms with Crippen LogP contribution >= 0.6 is 11.6 Å². The average molecular weight is 235 g/mol.